The van der Waals surface area contributed by atoms with Gasteiger partial charge in [0, 0.05) is 0 Å². The smallest absolute Gasteiger partial charge is 0.290 e. The Hall–Kier alpha value is -1.39. The number of halogens is 2. The van der Waals surface area contributed by atoms with Crippen LogP contribution in [0.5, 0.6) is 5.75 Å². The van der Waals surface area contributed by atoms with Gasteiger partial charge in [0.25, 0.3) is 12.0 Å². The highest BCUT2D eigenvalue weighted by atomic mass is 19.3. The molecule has 0 radical (unpaired) electrons. The molecule has 1 aromatic heterocycles. The van der Waals surface area contributed by atoms with E-state index in [4.69, 9.17) is 4.74 Å². The van der Waals surface area contributed by atoms with Crippen molar-refractivity contribution in [2.45, 2.75) is 13.3 Å². The maximum absolute atomic E-state index is 12.2. The van der Waals surface area contributed by atoms with Crippen LogP contribution in [0.4, 0.5) is 8.78 Å². The summed E-state index contributed by atoms with van der Waals surface area (Å²) in [5.74, 6) is 0.0735. The summed E-state index contributed by atoms with van der Waals surface area (Å²) in [6.07, 6.45) is -2.67. The van der Waals surface area contributed by atoms with Crippen LogP contribution in [0.15, 0.2) is 10.9 Å². The summed E-state index contributed by atoms with van der Waals surface area (Å²) >= 11 is 0. The van der Waals surface area contributed by atoms with E-state index < -0.39 is 12.0 Å². The predicted molar refractivity (Wildman–Crippen MR) is 43.3 cm³/mol. The highest BCUT2D eigenvalue weighted by molar-refractivity contribution is 5.31. The van der Waals surface area contributed by atoms with Crippen molar-refractivity contribution < 1.29 is 13.5 Å². The summed E-state index contributed by atoms with van der Waals surface area (Å²) in [5, 5.41) is 0. The third kappa shape index (κ3) is 1.85. The highest BCUT2D eigenvalue weighted by Crippen LogP contribution is 2.19. The van der Waals surface area contributed by atoms with Gasteiger partial charge in [0.1, 0.15) is 0 Å². The summed E-state index contributed by atoms with van der Waals surface area (Å²) in [4.78, 5) is 13.1. The molecule has 5 heteroatoms. The van der Waals surface area contributed by atoms with Crippen molar-refractivity contribution in [3.63, 3.8) is 0 Å². The van der Waals surface area contributed by atoms with Crippen molar-refractivity contribution >= 4 is 0 Å². The van der Waals surface area contributed by atoms with Gasteiger partial charge in [-0.3, -0.25) is 4.79 Å². The van der Waals surface area contributed by atoms with E-state index in [0.29, 0.717) is 5.56 Å². The number of aromatic amines is 1. The zero-order valence-electron chi connectivity index (χ0n) is 7.23. The molecule has 0 aliphatic carbocycles. The first-order valence-corrected chi connectivity index (χ1v) is 3.62. The first-order chi connectivity index (χ1) is 6.06. The molecule has 0 saturated heterocycles. The monoisotopic (exact) mass is 189 g/mol. The number of H-pyrrole nitrogens is 1. The third-order valence-electron chi connectivity index (χ3n) is 1.63. The number of hydrogen-bond donors (Lipinski definition) is 1. The molecule has 3 nitrogen and oxygen atoms in total. The Morgan fingerprint density at radius 1 is 1.54 bits per heavy atom. The van der Waals surface area contributed by atoms with Crippen molar-refractivity contribution in [3.05, 3.63) is 27.7 Å². The second-order valence-electron chi connectivity index (χ2n) is 2.57. The quantitative estimate of drug-likeness (QED) is 0.768. The lowest BCUT2D eigenvalue weighted by Gasteiger charge is -2.05. The number of rotatable bonds is 2. The zero-order chi connectivity index (χ0) is 10.0. The average molecular weight is 189 g/mol. The van der Waals surface area contributed by atoms with Crippen molar-refractivity contribution in [3.8, 4) is 5.75 Å². The Kier molecular flexibility index (Phi) is 2.65. The third-order valence-corrected chi connectivity index (χ3v) is 1.63. The molecule has 1 rings (SSSR count). The number of aromatic nitrogens is 1. The number of methoxy groups -OCH3 is 1. The van der Waals surface area contributed by atoms with Gasteiger partial charge in [-0.1, -0.05) is 0 Å². The fraction of sp³-hybridized carbons (Fsp3) is 0.375. The van der Waals surface area contributed by atoms with Gasteiger partial charge in [-0.15, -0.1) is 0 Å². The molecule has 0 aliphatic rings. The number of ether oxygens (including phenoxy) is 1. The molecule has 1 aromatic rings. The van der Waals surface area contributed by atoms with Crippen molar-refractivity contribution in [2.75, 3.05) is 7.11 Å². The van der Waals surface area contributed by atoms with Crippen molar-refractivity contribution in [1.29, 1.82) is 0 Å². The van der Waals surface area contributed by atoms with Gasteiger partial charge in [-0.2, -0.15) is 0 Å². The van der Waals surface area contributed by atoms with Gasteiger partial charge in [0.2, 0.25) is 0 Å². The van der Waals surface area contributed by atoms with E-state index in [1.54, 1.807) is 6.92 Å². The molecule has 0 spiro atoms. The second kappa shape index (κ2) is 3.55. The topological polar surface area (TPSA) is 42.1 Å². The SMILES string of the molecule is COc1c(C)cc(C(F)F)[nH]c1=O. The van der Waals surface area contributed by atoms with E-state index >= 15 is 0 Å². The first kappa shape index (κ1) is 9.70. The van der Waals surface area contributed by atoms with Gasteiger partial charge in [0.05, 0.1) is 12.8 Å². The molecule has 0 bridgehead atoms. The van der Waals surface area contributed by atoms with E-state index in [0.717, 1.165) is 0 Å². The van der Waals surface area contributed by atoms with E-state index in [1.165, 1.54) is 13.2 Å². The number of hydrogen-bond acceptors (Lipinski definition) is 2. The summed E-state index contributed by atoms with van der Waals surface area (Å²) < 4.78 is 29.0. The molecule has 1 N–H and O–H groups in total. The Labute approximate surface area is 73.4 Å². The predicted octanol–water partition coefficient (Wildman–Crippen LogP) is 1.63. The second-order valence-corrected chi connectivity index (χ2v) is 2.57. The van der Waals surface area contributed by atoms with Gasteiger partial charge < -0.3 is 9.72 Å². The Bertz CT molecular complexity index is 360. The molecule has 0 saturated carbocycles. The Morgan fingerprint density at radius 3 is 2.54 bits per heavy atom. The fourth-order valence-corrected chi connectivity index (χ4v) is 1.07. The lowest BCUT2D eigenvalue weighted by molar-refractivity contribution is 0.145. The molecule has 0 amide bonds. The van der Waals surface area contributed by atoms with Crippen LogP contribution in [0.25, 0.3) is 0 Å². The van der Waals surface area contributed by atoms with Crippen LogP contribution < -0.4 is 10.3 Å². The molecule has 1 heterocycles. The number of alkyl halides is 2. The van der Waals surface area contributed by atoms with Crippen LogP contribution in [0.2, 0.25) is 0 Å². The minimum Gasteiger partial charge on any atom is -0.491 e. The molecular weight excluding hydrogens is 180 g/mol. The average Bonchev–Trinajstić information content (AvgIpc) is 2.03. The fourth-order valence-electron chi connectivity index (χ4n) is 1.07. The zero-order valence-corrected chi connectivity index (χ0v) is 7.23. The van der Waals surface area contributed by atoms with Crippen LogP contribution >= 0.6 is 0 Å². The molecule has 0 unspecified atom stereocenters. The largest absolute Gasteiger partial charge is 0.491 e. The van der Waals surface area contributed by atoms with Crippen LogP contribution in [-0.2, 0) is 0 Å². The summed E-state index contributed by atoms with van der Waals surface area (Å²) in [6.45, 7) is 1.54. The van der Waals surface area contributed by atoms with Gasteiger partial charge in [-0.25, -0.2) is 8.78 Å². The number of aryl methyl sites for hydroxylation is 1. The summed E-state index contributed by atoms with van der Waals surface area (Å²) in [6, 6.07) is 1.20. The van der Waals surface area contributed by atoms with Crippen molar-refractivity contribution in [2.24, 2.45) is 0 Å². The normalized spacial score (nSPS) is 10.5. The van der Waals surface area contributed by atoms with Crippen molar-refractivity contribution in [1.82, 2.24) is 4.98 Å². The molecule has 0 aliphatic heterocycles. The Morgan fingerprint density at radius 2 is 2.15 bits per heavy atom. The molecule has 0 atom stereocenters. The molecule has 0 fully saturated rings. The van der Waals surface area contributed by atoms with Gasteiger partial charge in [-0.05, 0) is 18.6 Å². The Balaban J connectivity index is 3.29. The highest BCUT2D eigenvalue weighted by Gasteiger charge is 2.12. The lowest BCUT2D eigenvalue weighted by Crippen LogP contribution is -2.13. The van der Waals surface area contributed by atoms with Gasteiger partial charge >= 0.3 is 0 Å². The first-order valence-electron chi connectivity index (χ1n) is 3.62. The number of nitrogens with one attached hydrogen (secondary N) is 1. The molecule has 0 aromatic carbocycles. The minimum absolute atomic E-state index is 0.0735. The van der Waals surface area contributed by atoms with Crippen LogP contribution in [0.3, 0.4) is 0 Å². The molecular formula is C8H9F2NO2. The van der Waals surface area contributed by atoms with Gasteiger partial charge in [0.15, 0.2) is 5.75 Å². The lowest BCUT2D eigenvalue weighted by atomic mass is 10.2. The maximum atomic E-state index is 12.2. The summed E-state index contributed by atoms with van der Waals surface area (Å²) in [7, 11) is 1.32. The maximum Gasteiger partial charge on any atom is 0.290 e. The van der Waals surface area contributed by atoms with E-state index in [-0.39, 0.29) is 11.4 Å². The van der Waals surface area contributed by atoms with E-state index in [2.05, 4.69) is 0 Å². The number of pyridine rings is 1. The minimum atomic E-state index is -2.67. The standard InChI is InChI=1S/C8H9F2NO2/c1-4-3-5(7(9)10)11-8(12)6(4)13-2/h3,7H,1-2H3,(H,11,12). The molecule has 13 heavy (non-hydrogen) atoms. The van der Waals surface area contributed by atoms with Crippen LogP contribution in [0.1, 0.15) is 17.7 Å². The van der Waals surface area contributed by atoms with Crippen LogP contribution in [-0.4, -0.2) is 12.1 Å². The van der Waals surface area contributed by atoms with E-state index in [1.807, 2.05) is 4.98 Å². The molecule has 72 valence electrons. The summed E-state index contributed by atoms with van der Waals surface area (Å²) in [5.41, 5.74) is -0.609. The van der Waals surface area contributed by atoms with Crippen LogP contribution in [0, 0.1) is 6.92 Å². The van der Waals surface area contributed by atoms with E-state index in [9.17, 15) is 13.6 Å².